The summed E-state index contributed by atoms with van der Waals surface area (Å²) < 4.78 is 26.6. The second-order valence-electron chi connectivity index (χ2n) is 5.20. The molecule has 0 unspecified atom stereocenters. The summed E-state index contributed by atoms with van der Waals surface area (Å²) in [6.45, 7) is 3.36. The molecule has 2 N–H and O–H groups in total. The number of aryl methyl sites for hydroxylation is 1. The van der Waals surface area contributed by atoms with Crippen LogP contribution < -0.4 is 10.6 Å². The van der Waals surface area contributed by atoms with Crippen molar-refractivity contribution in [2.75, 3.05) is 37.8 Å². The molecule has 2 rings (SSSR count). The van der Waals surface area contributed by atoms with Gasteiger partial charge in [0.2, 0.25) is 5.95 Å². The third kappa shape index (κ3) is 4.63. The number of aromatic nitrogens is 2. The summed E-state index contributed by atoms with van der Waals surface area (Å²) in [5, 5.41) is 5.95. The van der Waals surface area contributed by atoms with Gasteiger partial charge in [-0.15, -0.1) is 0 Å². The highest BCUT2D eigenvalue weighted by molar-refractivity contribution is 5.58. The third-order valence-corrected chi connectivity index (χ3v) is 2.89. The number of nitrogens with zero attached hydrogens (tertiary/aromatic N) is 3. The predicted molar refractivity (Wildman–Crippen MR) is 83.5 cm³/mol. The highest BCUT2D eigenvalue weighted by atomic mass is 19.1. The van der Waals surface area contributed by atoms with E-state index in [1.54, 1.807) is 6.07 Å². The smallest absolute Gasteiger partial charge is 0.224 e. The Labute approximate surface area is 128 Å². The van der Waals surface area contributed by atoms with Gasteiger partial charge in [0.1, 0.15) is 17.5 Å². The monoisotopic (exact) mass is 307 g/mol. The zero-order valence-electron chi connectivity index (χ0n) is 12.8. The minimum Gasteiger partial charge on any atom is -0.353 e. The zero-order valence-corrected chi connectivity index (χ0v) is 12.8. The van der Waals surface area contributed by atoms with Crippen molar-refractivity contribution in [2.45, 2.75) is 6.92 Å². The SMILES string of the molecule is Cc1cc(Nc2ccc(F)cc2F)nc(NCCN(C)C)n1. The highest BCUT2D eigenvalue weighted by Crippen LogP contribution is 2.20. The van der Waals surface area contributed by atoms with Gasteiger partial charge in [0.05, 0.1) is 5.69 Å². The Morgan fingerprint density at radius 3 is 2.59 bits per heavy atom. The largest absolute Gasteiger partial charge is 0.353 e. The van der Waals surface area contributed by atoms with Crippen LogP contribution in [0.4, 0.5) is 26.2 Å². The molecule has 118 valence electrons. The molecule has 0 aliphatic rings. The van der Waals surface area contributed by atoms with Gasteiger partial charge in [0.15, 0.2) is 0 Å². The van der Waals surface area contributed by atoms with Crippen LogP contribution in [0.1, 0.15) is 5.69 Å². The van der Waals surface area contributed by atoms with Crippen molar-refractivity contribution in [2.24, 2.45) is 0 Å². The lowest BCUT2D eigenvalue weighted by atomic mass is 10.3. The maximum atomic E-state index is 13.7. The first-order chi connectivity index (χ1) is 10.4. The Bertz CT molecular complexity index is 646. The van der Waals surface area contributed by atoms with E-state index < -0.39 is 11.6 Å². The Hall–Kier alpha value is -2.28. The molecule has 0 saturated heterocycles. The first kappa shape index (κ1) is 16.1. The van der Waals surface area contributed by atoms with Crippen molar-refractivity contribution in [3.63, 3.8) is 0 Å². The van der Waals surface area contributed by atoms with E-state index >= 15 is 0 Å². The van der Waals surface area contributed by atoms with E-state index in [1.807, 2.05) is 25.9 Å². The maximum Gasteiger partial charge on any atom is 0.224 e. The molecule has 0 fully saturated rings. The molecular weight excluding hydrogens is 288 g/mol. The number of anilines is 3. The molecule has 0 spiro atoms. The zero-order chi connectivity index (χ0) is 16.1. The standard InChI is InChI=1S/C15H19F2N5/c1-10-8-14(20-13-5-4-11(16)9-12(13)17)21-15(19-10)18-6-7-22(2)3/h4-5,8-9H,6-7H2,1-3H3,(H2,18,19,20,21). The lowest BCUT2D eigenvalue weighted by Crippen LogP contribution is -2.21. The van der Waals surface area contributed by atoms with Crippen LogP contribution in [0.3, 0.4) is 0 Å². The van der Waals surface area contributed by atoms with Crippen LogP contribution >= 0.6 is 0 Å². The van der Waals surface area contributed by atoms with Crippen LogP contribution in [0.5, 0.6) is 0 Å². The molecular formula is C15H19F2N5. The van der Waals surface area contributed by atoms with E-state index in [-0.39, 0.29) is 5.69 Å². The van der Waals surface area contributed by atoms with E-state index in [4.69, 9.17) is 0 Å². The molecule has 0 bridgehead atoms. The van der Waals surface area contributed by atoms with Gasteiger partial charge in [0.25, 0.3) is 0 Å². The summed E-state index contributed by atoms with van der Waals surface area (Å²) in [5.41, 5.74) is 0.908. The number of hydrogen-bond donors (Lipinski definition) is 2. The molecule has 7 heteroatoms. The quantitative estimate of drug-likeness (QED) is 0.859. The number of hydrogen-bond acceptors (Lipinski definition) is 5. The van der Waals surface area contributed by atoms with Gasteiger partial charge in [0, 0.05) is 30.9 Å². The molecule has 0 aliphatic heterocycles. The molecule has 0 radical (unpaired) electrons. The molecule has 1 aromatic heterocycles. The van der Waals surface area contributed by atoms with E-state index in [0.717, 1.165) is 18.3 Å². The van der Waals surface area contributed by atoms with Crippen molar-refractivity contribution in [1.82, 2.24) is 14.9 Å². The van der Waals surface area contributed by atoms with Gasteiger partial charge in [-0.1, -0.05) is 0 Å². The van der Waals surface area contributed by atoms with E-state index in [2.05, 4.69) is 20.6 Å². The first-order valence-corrected chi connectivity index (χ1v) is 6.90. The fourth-order valence-electron chi connectivity index (χ4n) is 1.83. The lowest BCUT2D eigenvalue weighted by Gasteiger charge is -2.12. The Kier molecular flexibility index (Phi) is 5.21. The molecule has 1 heterocycles. The highest BCUT2D eigenvalue weighted by Gasteiger charge is 2.07. The van der Waals surface area contributed by atoms with Crippen LogP contribution in [0.25, 0.3) is 0 Å². The van der Waals surface area contributed by atoms with E-state index in [9.17, 15) is 8.78 Å². The summed E-state index contributed by atoms with van der Waals surface area (Å²) in [4.78, 5) is 10.6. The van der Waals surface area contributed by atoms with Crippen LogP contribution in [0.15, 0.2) is 24.3 Å². The molecule has 22 heavy (non-hydrogen) atoms. The van der Waals surface area contributed by atoms with Crippen LogP contribution in [0, 0.1) is 18.6 Å². The van der Waals surface area contributed by atoms with Gasteiger partial charge >= 0.3 is 0 Å². The Balaban J connectivity index is 2.12. The van der Waals surface area contributed by atoms with E-state index in [1.165, 1.54) is 12.1 Å². The summed E-state index contributed by atoms with van der Waals surface area (Å²) in [5.74, 6) is -0.372. The topological polar surface area (TPSA) is 53.1 Å². The molecule has 1 aromatic carbocycles. The van der Waals surface area contributed by atoms with Crippen molar-refractivity contribution in [1.29, 1.82) is 0 Å². The first-order valence-electron chi connectivity index (χ1n) is 6.90. The molecule has 0 amide bonds. The Morgan fingerprint density at radius 2 is 1.91 bits per heavy atom. The van der Waals surface area contributed by atoms with Crippen molar-refractivity contribution in [3.05, 3.63) is 41.6 Å². The number of benzene rings is 1. The van der Waals surface area contributed by atoms with E-state index in [0.29, 0.717) is 18.3 Å². The second kappa shape index (κ2) is 7.13. The predicted octanol–water partition coefficient (Wildman–Crippen LogP) is 2.78. The van der Waals surface area contributed by atoms with Crippen LogP contribution in [-0.4, -0.2) is 42.1 Å². The molecule has 0 atom stereocenters. The number of likely N-dealkylation sites (N-methyl/N-ethyl adjacent to an activating group) is 1. The average molecular weight is 307 g/mol. The number of halogens is 2. The average Bonchev–Trinajstić information content (AvgIpc) is 2.41. The van der Waals surface area contributed by atoms with Gasteiger partial charge < -0.3 is 15.5 Å². The van der Waals surface area contributed by atoms with Gasteiger partial charge in [-0.3, -0.25) is 0 Å². The van der Waals surface area contributed by atoms with Crippen molar-refractivity contribution in [3.8, 4) is 0 Å². The van der Waals surface area contributed by atoms with Crippen molar-refractivity contribution < 1.29 is 8.78 Å². The molecule has 5 nitrogen and oxygen atoms in total. The summed E-state index contributed by atoms with van der Waals surface area (Å²) in [6, 6.07) is 5.05. The Morgan fingerprint density at radius 1 is 1.14 bits per heavy atom. The molecule has 0 saturated carbocycles. The second-order valence-corrected chi connectivity index (χ2v) is 5.20. The normalized spacial score (nSPS) is 10.8. The summed E-state index contributed by atoms with van der Waals surface area (Å²) in [7, 11) is 3.95. The third-order valence-electron chi connectivity index (χ3n) is 2.89. The van der Waals surface area contributed by atoms with Crippen LogP contribution in [-0.2, 0) is 0 Å². The summed E-state index contributed by atoms with van der Waals surface area (Å²) in [6.07, 6.45) is 0. The van der Waals surface area contributed by atoms with Gasteiger partial charge in [-0.25, -0.2) is 13.8 Å². The maximum absolute atomic E-state index is 13.7. The van der Waals surface area contributed by atoms with Gasteiger partial charge in [-0.05, 0) is 33.2 Å². The number of nitrogens with one attached hydrogen (secondary N) is 2. The number of rotatable bonds is 6. The molecule has 2 aromatic rings. The molecule has 0 aliphatic carbocycles. The fourth-order valence-corrected chi connectivity index (χ4v) is 1.83. The summed E-state index contributed by atoms with van der Waals surface area (Å²) >= 11 is 0. The minimum atomic E-state index is -0.668. The van der Waals surface area contributed by atoms with Crippen molar-refractivity contribution >= 4 is 17.5 Å². The van der Waals surface area contributed by atoms with Gasteiger partial charge in [-0.2, -0.15) is 4.98 Å². The minimum absolute atomic E-state index is 0.166. The van der Waals surface area contributed by atoms with Crippen LogP contribution in [0.2, 0.25) is 0 Å². The fraction of sp³-hybridized carbons (Fsp3) is 0.333. The lowest BCUT2D eigenvalue weighted by molar-refractivity contribution is 0.425.